The van der Waals surface area contributed by atoms with E-state index >= 15 is 0 Å². The normalized spacial score (nSPS) is 19.1. The summed E-state index contributed by atoms with van der Waals surface area (Å²) in [5.41, 5.74) is 7.07. The number of carbonyl (C=O) groups is 1. The van der Waals surface area contributed by atoms with Crippen LogP contribution in [0.25, 0.3) is 11.0 Å². The zero-order valence-corrected chi connectivity index (χ0v) is 17.5. The standard InChI is InChI=1S/C17H25N7O2.2ClH/c1-22-15-13(10-21-22)16(20-11-19-15)23-4-6-24(7-5-23)17(25)14(18)12-2-8-26-9-3-12;;/h10-12,14H,2-9,18H2,1H3;2*1H. The zero-order chi connectivity index (χ0) is 18.1. The van der Waals surface area contributed by atoms with E-state index in [9.17, 15) is 4.79 Å². The Balaban J connectivity index is 0.00000140. The highest BCUT2D eigenvalue weighted by Gasteiger charge is 2.32. The van der Waals surface area contributed by atoms with Crippen LogP contribution in [-0.2, 0) is 16.6 Å². The lowest BCUT2D eigenvalue weighted by atomic mass is 9.91. The third kappa shape index (κ3) is 4.32. The van der Waals surface area contributed by atoms with Crippen molar-refractivity contribution in [1.29, 1.82) is 0 Å². The van der Waals surface area contributed by atoms with Crippen molar-refractivity contribution >= 4 is 47.6 Å². The molecule has 28 heavy (non-hydrogen) atoms. The fraction of sp³-hybridized carbons (Fsp3) is 0.647. The summed E-state index contributed by atoms with van der Waals surface area (Å²) in [5.74, 6) is 1.17. The summed E-state index contributed by atoms with van der Waals surface area (Å²) >= 11 is 0. The van der Waals surface area contributed by atoms with Gasteiger partial charge in [-0.15, -0.1) is 24.8 Å². The molecule has 0 aromatic carbocycles. The number of anilines is 1. The van der Waals surface area contributed by atoms with Gasteiger partial charge in [-0.05, 0) is 18.8 Å². The van der Waals surface area contributed by atoms with Crippen LogP contribution in [0.3, 0.4) is 0 Å². The molecule has 2 saturated heterocycles. The number of hydrogen-bond donors (Lipinski definition) is 1. The number of aromatic nitrogens is 4. The molecular formula is C17H27Cl2N7O2. The summed E-state index contributed by atoms with van der Waals surface area (Å²) in [7, 11) is 1.87. The second-order valence-corrected chi connectivity index (χ2v) is 6.99. The lowest BCUT2D eigenvalue weighted by Gasteiger charge is -2.38. The lowest BCUT2D eigenvalue weighted by Crippen LogP contribution is -2.55. The van der Waals surface area contributed by atoms with Crippen LogP contribution in [0.5, 0.6) is 0 Å². The summed E-state index contributed by atoms with van der Waals surface area (Å²) in [6, 6.07) is -0.422. The summed E-state index contributed by atoms with van der Waals surface area (Å²) in [6.45, 7) is 4.17. The van der Waals surface area contributed by atoms with Crippen molar-refractivity contribution in [3.63, 3.8) is 0 Å². The van der Waals surface area contributed by atoms with Gasteiger partial charge in [0.1, 0.15) is 12.1 Å². The minimum absolute atomic E-state index is 0. The van der Waals surface area contributed by atoms with E-state index in [0.717, 1.165) is 42.8 Å². The number of hydrogen-bond acceptors (Lipinski definition) is 7. The highest BCUT2D eigenvalue weighted by atomic mass is 35.5. The Hall–Kier alpha value is -1.68. The van der Waals surface area contributed by atoms with Crippen LogP contribution in [-0.4, -0.2) is 76.0 Å². The van der Waals surface area contributed by atoms with Gasteiger partial charge in [0.15, 0.2) is 5.65 Å². The Labute approximate surface area is 176 Å². The number of piperazine rings is 1. The molecule has 156 valence electrons. The minimum Gasteiger partial charge on any atom is -0.381 e. The smallest absolute Gasteiger partial charge is 0.239 e. The van der Waals surface area contributed by atoms with Gasteiger partial charge in [-0.3, -0.25) is 9.48 Å². The topological polar surface area (TPSA) is 102 Å². The Morgan fingerprint density at radius 2 is 1.86 bits per heavy atom. The van der Waals surface area contributed by atoms with Crippen LogP contribution in [0.4, 0.5) is 5.82 Å². The van der Waals surface area contributed by atoms with Crippen LogP contribution < -0.4 is 10.6 Å². The van der Waals surface area contributed by atoms with Gasteiger partial charge in [0.2, 0.25) is 5.91 Å². The molecule has 0 bridgehead atoms. The Kier molecular flexibility index (Phi) is 7.82. The van der Waals surface area contributed by atoms with Crippen molar-refractivity contribution in [3.8, 4) is 0 Å². The van der Waals surface area contributed by atoms with Crippen LogP contribution in [0.1, 0.15) is 12.8 Å². The summed E-state index contributed by atoms with van der Waals surface area (Å²) in [6.07, 6.45) is 5.10. The first-order chi connectivity index (χ1) is 12.6. The van der Waals surface area contributed by atoms with Gasteiger partial charge in [-0.1, -0.05) is 0 Å². The molecule has 11 heteroatoms. The number of fused-ring (bicyclic) bond motifs is 1. The quantitative estimate of drug-likeness (QED) is 0.758. The van der Waals surface area contributed by atoms with E-state index in [1.807, 2.05) is 11.9 Å². The molecule has 2 aliphatic rings. The largest absolute Gasteiger partial charge is 0.381 e. The van der Waals surface area contributed by atoms with Crippen molar-refractivity contribution in [2.75, 3.05) is 44.3 Å². The molecule has 4 rings (SSSR count). The lowest BCUT2D eigenvalue weighted by molar-refractivity contribution is -0.135. The third-order valence-corrected chi connectivity index (χ3v) is 5.46. The molecule has 2 N–H and O–H groups in total. The molecule has 9 nitrogen and oxygen atoms in total. The molecular weight excluding hydrogens is 405 g/mol. The van der Waals surface area contributed by atoms with Gasteiger partial charge < -0.3 is 20.3 Å². The van der Waals surface area contributed by atoms with Gasteiger partial charge in [0.25, 0.3) is 0 Å². The molecule has 0 aliphatic carbocycles. The Morgan fingerprint density at radius 3 is 2.54 bits per heavy atom. The van der Waals surface area contributed by atoms with Crippen LogP contribution in [0.15, 0.2) is 12.5 Å². The van der Waals surface area contributed by atoms with Crippen LogP contribution in [0, 0.1) is 5.92 Å². The number of nitrogens with two attached hydrogens (primary N) is 1. The van der Waals surface area contributed by atoms with E-state index in [4.69, 9.17) is 10.5 Å². The minimum atomic E-state index is -0.422. The molecule has 0 radical (unpaired) electrons. The first-order valence-corrected chi connectivity index (χ1v) is 9.15. The molecule has 2 aliphatic heterocycles. The van der Waals surface area contributed by atoms with Gasteiger partial charge in [-0.25, -0.2) is 9.97 Å². The van der Waals surface area contributed by atoms with E-state index in [-0.39, 0.29) is 36.6 Å². The second-order valence-electron chi connectivity index (χ2n) is 6.99. The predicted octanol–water partition coefficient (Wildman–Crippen LogP) is 0.609. The number of ether oxygens (including phenoxy) is 1. The van der Waals surface area contributed by atoms with E-state index in [0.29, 0.717) is 26.3 Å². The van der Waals surface area contributed by atoms with Gasteiger partial charge in [0.05, 0.1) is 17.6 Å². The number of nitrogens with zero attached hydrogens (tertiary/aromatic N) is 6. The fourth-order valence-electron chi connectivity index (χ4n) is 3.83. The van der Waals surface area contributed by atoms with E-state index in [1.54, 1.807) is 17.2 Å². The highest BCUT2D eigenvalue weighted by Crippen LogP contribution is 2.24. The Bertz CT molecular complexity index is 789. The highest BCUT2D eigenvalue weighted by molar-refractivity contribution is 5.87. The molecule has 1 amide bonds. The molecule has 4 heterocycles. The molecule has 2 fully saturated rings. The van der Waals surface area contributed by atoms with Gasteiger partial charge >= 0.3 is 0 Å². The van der Waals surface area contributed by atoms with Crippen LogP contribution >= 0.6 is 24.8 Å². The number of carbonyl (C=O) groups excluding carboxylic acids is 1. The van der Waals surface area contributed by atoms with Gasteiger partial charge in [0, 0.05) is 46.4 Å². The fourth-order valence-corrected chi connectivity index (χ4v) is 3.83. The number of aryl methyl sites for hydroxylation is 1. The van der Waals surface area contributed by atoms with Crippen molar-refractivity contribution in [2.45, 2.75) is 18.9 Å². The molecule has 0 saturated carbocycles. The maximum Gasteiger partial charge on any atom is 0.239 e. The monoisotopic (exact) mass is 431 g/mol. The maximum atomic E-state index is 12.8. The average molecular weight is 432 g/mol. The number of amides is 1. The number of rotatable bonds is 3. The first kappa shape index (κ1) is 22.6. The van der Waals surface area contributed by atoms with E-state index < -0.39 is 6.04 Å². The average Bonchev–Trinajstić information content (AvgIpc) is 3.09. The van der Waals surface area contributed by atoms with Gasteiger partial charge in [-0.2, -0.15) is 5.10 Å². The van der Waals surface area contributed by atoms with E-state index in [1.165, 1.54) is 0 Å². The predicted molar refractivity (Wildman–Crippen MR) is 111 cm³/mol. The third-order valence-electron chi connectivity index (χ3n) is 5.46. The summed E-state index contributed by atoms with van der Waals surface area (Å²) < 4.78 is 7.11. The molecule has 2 aromatic heterocycles. The summed E-state index contributed by atoms with van der Waals surface area (Å²) in [5, 5.41) is 5.20. The summed E-state index contributed by atoms with van der Waals surface area (Å²) in [4.78, 5) is 25.6. The van der Waals surface area contributed by atoms with Crippen molar-refractivity contribution in [1.82, 2.24) is 24.6 Å². The first-order valence-electron chi connectivity index (χ1n) is 9.15. The molecule has 1 atom stereocenters. The van der Waals surface area contributed by atoms with Crippen LogP contribution in [0.2, 0.25) is 0 Å². The molecule has 0 spiro atoms. The van der Waals surface area contributed by atoms with E-state index in [2.05, 4.69) is 20.0 Å². The van der Waals surface area contributed by atoms with Crippen molar-refractivity contribution in [2.24, 2.45) is 18.7 Å². The molecule has 2 aromatic rings. The number of halogens is 2. The van der Waals surface area contributed by atoms with Crippen molar-refractivity contribution < 1.29 is 9.53 Å². The Morgan fingerprint density at radius 1 is 1.18 bits per heavy atom. The zero-order valence-electron chi connectivity index (χ0n) is 15.9. The molecule has 1 unspecified atom stereocenters. The van der Waals surface area contributed by atoms with Crippen molar-refractivity contribution in [3.05, 3.63) is 12.5 Å². The maximum absolute atomic E-state index is 12.8. The SMILES string of the molecule is Cl.Cl.Cn1ncc2c(N3CCN(C(=O)C(N)C4CCOCC4)CC3)ncnc21. The second kappa shape index (κ2) is 9.69.